The molecule has 2 aliphatic rings. The molecular weight excluding hydrogens is 331 g/mol. The van der Waals surface area contributed by atoms with Gasteiger partial charge in [-0.2, -0.15) is 0 Å². The van der Waals surface area contributed by atoms with E-state index in [1.54, 1.807) is 12.1 Å². The number of nitrogens with two attached hydrogens (primary N) is 1. The van der Waals surface area contributed by atoms with Crippen molar-refractivity contribution in [3.8, 4) is 0 Å². The Morgan fingerprint density at radius 2 is 1.83 bits per heavy atom. The molecule has 2 fully saturated rings. The number of ether oxygens (including phenoxy) is 1. The number of benzene rings is 1. The molecule has 1 aromatic rings. The molecule has 1 amide bonds. The van der Waals surface area contributed by atoms with E-state index in [0.717, 1.165) is 37.7 Å². The molecule has 3 rings (SSSR count). The van der Waals surface area contributed by atoms with Crippen LogP contribution in [0.1, 0.15) is 50.7 Å². The number of carbonyl (C=O) groups excluding carboxylic acids is 1. The Morgan fingerprint density at radius 1 is 1.21 bits per heavy atom. The Morgan fingerprint density at radius 3 is 2.46 bits per heavy atom. The lowest BCUT2D eigenvalue weighted by molar-refractivity contribution is -0.151. The summed E-state index contributed by atoms with van der Waals surface area (Å²) in [5, 5.41) is 0. The van der Waals surface area contributed by atoms with Crippen molar-refractivity contribution >= 4 is 18.3 Å². The average Bonchev–Trinajstić information content (AvgIpc) is 2.55. The summed E-state index contributed by atoms with van der Waals surface area (Å²) in [6.45, 7) is 3.00. The molecule has 6 heteroatoms. The van der Waals surface area contributed by atoms with Gasteiger partial charge in [0.1, 0.15) is 11.9 Å². The minimum atomic E-state index is -0.720. The third-order valence-electron chi connectivity index (χ3n) is 4.96. The van der Waals surface area contributed by atoms with Crippen molar-refractivity contribution in [2.24, 2.45) is 5.73 Å². The molecule has 4 nitrogen and oxygen atoms in total. The first-order valence-electron chi connectivity index (χ1n) is 8.47. The molecule has 1 aliphatic carbocycles. The number of morpholine rings is 1. The molecule has 0 radical (unpaired) electrons. The summed E-state index contributed by atoms with van der Waals surface area (Å²) < 4.78 is 19.1. The van der Waals surface area contributed by atoms with E-state index in [1.165, 1.54) is 12.1 Å². The van der Waals surface area contributed by atoms with E-state index in [1.807, 2.05) is 11.8 Å². The maximum absolute atomic E-state index is 13.1. The van der Waals surface area contributed by atoms with Crippen LogP contribution in [0.25, 0.3) is 0 Å². The van der Waals surface area contributed by atoms with Crippen LogP contribution in [0.2, 0.25) is 0 Å². The monoisotopic (exact) mass is 356 g/mol. The number of amides is 1. The Bertz CT molecular complexity index is 561. The Hall–Kier alpha value is -1.17. The van der Waals surface area contributed by atoms with E-state index in [0.29, 0.717) is 13.1 Å². The molecule has 0 bridgehead atoms. The van der Waals surface area contributed by atoms with Crippen LogP contribution in [0.5, 0.6) is 0 Å². The van der Waals surface area contributed by atoms with Crippen LogP contribution in [-0.4, -0.2) is 35.5 Å². The molecule has 0 spiro atoms. The standard InChI is InChI=1S/C18H25FN2O2.ClH/c1-13-11-21(17(22)18(20)9-3-2-4-10-18)12-16(23-13)14-5-7-15(19)8-6-14;/h5-8,13,16H,2-4,9-12,20H2,1H3;1H. The molecular formula is C18H26ClFN2O2. The van der Waals surface area contributed by atoms with Crippen molar-refractivity contribution in [3.05, 3.63) is 35.6 Å². The largest absolute Gasteiger partial charge is 0.367 e. The summed E-state index contributed by atoms with van der Waals surface area (Å²) in [5.74, 6) is -0.229. The van der Waals surface area contributed by atoms with E-state index < -0.39 is 5.54 Å². The van der Waals surface area contributed by atoms with Gasteiger partial charge in [-0.15, -0.1) is 12.4 Å². The molecule has 2 N–H and O–H groups in total. The lowest BCUT2D eigenvalue weighted by atomic mass is 9.81. The third-order valence-corrected chi connectivity index (χ3v) is 4.96. The third kappa shape index (κ3) is 4.08. The van der Waals surface area contributed by atoms with Crippen LogP contribution in [0.3, 0.4) is 0 Å². The minimum Gasteiger partial charge on any atom is -0.367 e. The predicted octanol–water partition coefficient (Wildman–Crippen LogP) is 3.20. The molecule has 24 heavy (non-hydrogen) atoms. The van der Waals surface area contributed by atoms with Gasteiger partial charge in [0, 0.05) is 6.54 Å². The van der Waals surface area contributed by atoms with Gasteiger partial charge in [0.2, 0.25) is 5.91 Å². The minimum absolute atomic E-state index is 0. The number of carbonyl (C=O) groups is 1. The summed E-state index contributed by atoms with van der Waals surface area (Å²) in [7, 11) is 0. The number of nitrogens with zero attached hydrogens (tertiary/aromatic N) is 1. The van der Waals surface area contributed by atoms with E-state index >= 15 is 0 Å². The first-order chi connectivity index (χ1) is 11.0. The van der Waals surface area contributed by atoms with Crippen molar-refractivity contribution in [3.63, 3.8) is 0 Å². The topological polar surface area (TPSA) is 55.6 Å². The Kier molecular flexibility index (Phi) is 6.23. The van der Waals surface area contributed by atoms with Crippen LogP contribution in [-0.2, 0) is 9.53 Å². The highest BCUT2D eigenvalue weighted by Crippen LogP contribution is 2.31. The molecule has 1 saturated heterocycles. The van der Waals surface area contributed by atoms with E-state index in [9.17, 15) is 9.18 Å². The van der Waals surface area contributed by atoms with Gasteiger partial charge in [-0.3, -0.25) is 4.79 Å². The van der Waals surface area contributed by atoms with Gasteiger partial charge in [-0.05, 0) is 37.5 Å². The van der Waals surface area contributed by atoms with Gasteiger partial charge in [0.25, 0.3) is 0 Å². The van der Waals surface area contributed by atoms with Gasteiger partial charge in [0.15, 0.2) is 0 Å². The maximum Gasteiger partial charge on any atom is 0.242 e. The first-order valence-corrected chi connectivity index (χ1v) is 8.47. The zero-order valence-corrected chi connectivity index (χ0v) is 14.9. The second kappa shape index (κ2) is 7.81. The number of hydrogen-bond acceptors (Lipinski definition) is 3. The molecule has 1 aliphatic heterocycles. The van der Waals surface area contributed by atoms with Crippen LogP contribution in [0.15, 0.2) is 24.3 Å². The van der Waals surface area contributed by atoms with Crippen LogP contribution in [0, 0.1) is 5.82 Å². The maximum atomic E-state index is 13.1. The molecule has 2 atom stereocenters. The zero-order chi connectivity index (χ0) is 16.4. The molecule has 134 valence electrons. The molecule has 0 aromatic heterocycles. The SMILES string of the molecule is CC1CN(C(=O)C2(N)CCCCC2)CC(c2ccc(F)cc2)O1.Cl. The summed E-state index contributed by atoms with van der Waals surface area (Å²) in [4.78, 5) is 14.8. The van der Waals surface area contributed by atoms with Gasteiger partial charge in [-0.1, -0.05) is 31.4 Å². The molecule has 1 saturated carbocycles. The lowest BCUT2D eigenvalue weighted by Gasteiger charge is -2.42. The summed E-state index contributed by atoms with van der Waals surface area (Å²) in [6, 6.07) is 6.30. The fourth-order valence-corrected chi connectivity index (χ4v) is 3.69. The Labute approximate surface area is 148 Å². The van der Waals surface area contributed by atoms with Gasteiger partial charge in [0.05, 0.1) is 18.2 Å². The highest BCUT2D eigenvalue weighted by atomic mass is 35.5. The van der Waals surface area contributed by atoms with Gasteiger partial charge in [-0.25, -0.2) is 4.39 Å². The second-order valence-corrected chi connectivity index (χ2v) is 6.91. The number of rotatable bonds is 2. The van der Waals surface area contributed by atoms with E-state index in [-0.39, 0.29) is 36.3 Å². The smallest absolute Gasteiger partial charge is 0.242 e. The number of hydrogen-bond donors (Lipinski definition) is 1. The van der Waals surface area contributed by atoms with Crippen LogP contribution >= 0.6 is 12.4 Å². The van der Waals surface area contributed by atoms with Crippen molar-refractivity contribution < 1.29 is 13.9 Å². The van der Waals surface area contributed by atoms with Crippen LogP contribution < -0.4 is 5.73 Å². The fourth-order valence-electron chi connectivity index (χ4n) is 3.69. The zero-order valence-electron chi connectivity index (χ0n) is 14.0. The predicted molar refractivity (Wildman–Crippen MR) is 93.5 cm³/mol. The second-order valence-electron chi connectivity index (χ2n) is 6.91. The average molecular weight is 357 g/mol. The van der Waals surface area contributed by atoms with Crippen molar-refractivity contribution in [1.82, 2.24) is 4.90 Å². The van der Waals surface area contributed by atoms with Crippen molar-refractivity contribution in [2.75, 3.05) is 13.1 Å². The normalized spacial score (nSPS) is 26.5. The van der Waals surface area contributed by atoms with Crippen molar-refractivity contribution in [2.45, 2.75) is 56.8 Å². The number of halogens is 2. The summed E-state index contributed by atoms with van der Waals surface area (Å²) >= 11 is 0. The molecule has 2 unspecified atom stereocenters. The highest BCUT2D eigenvalue weighted by Gasteiger charge is 2.41. The summed E-state index contributed by atoms with van der Waals surface area (Å²) in [5.41, 5.74) is 6.58. The Balaban J connectivity index is 0.00000208. The quantitative estimate of drug-likeness (QED) is 0.885. The van der Waals surface area contributed by atoms with Crippen molar-refractivity contribution in [1.29, 1.82) is 0 Å². The van der Waals surface area contributed by atoms with E-state index in [2.05, 4.69) is 0 Å². The highest BCUT2D eigenvalue weighted by molar-refractivity contribution is 5.86. The van der Waals surface area contributed by atoms with Crippen LogP contribution in [0.4, 0.5) is 4.39 Å². The molecule has 1 aromatic carbocycles. The van der Waals surface area contributed by atoms with Gasteiger partial charge < -0.3 is 15.4 Å². The van der Waals surface area contributed by atoms with E-state index in [4.69, 9.17) is 10.5 Å². The summed E-state index contributed by atoms with van der Waals surface area (Å²) in [6.07, 6.45) is 4.43. The van der Waals surface area contributed by atoms with Gasteiger partial charge >= 0.3 is 0 Å². The fraction of sp³-hybridized carbons (Fsp3) is 0.611. The molecule has 1 heterocycles. The lowest BCUT2D eigenvalue weighted by Crippen LogP contribution is -2.59. The first kappa shape index (κ1) is 19.2.